The summed E-state index contributed by atoms with van der Waals surface area (Å²) in [7, 11) is -2.92. The van der Waals surface area contributed by atoms with Gasteiger partial charge in [-0.25, -0.2) is 0 Å². The van der Waals surface area contributed by atoms with Crippen LogP contribution >= 0.6 is 63.7 Å². The van der Waals surface area contributed by atoms with Gasteiger partial charge in [-0.05, 0) is 119 Å². The van der Waals surface area contributed by atoms with Crippen LogP contribution in [0.4, 0.5) is 0 Å². The van der Waals surface area contributed by atoms with Gasteiger partial charge in [-0.2, -0.15) is 0 Å². The van der Waals surface area contributed by atoms with Gasteiger partial charge in [-0.1, -0.05) is 137 Å². The molecule has 20 heteroatoms. The highest BCUT2D eigenvalue weighted by Crippen LogP contribution is 2.16. The van der Waals surface area contributed by atoms with E-state index in [0.717, 1.165) is 39.7 Å². The lowest BCUT2D eigenvalue weighted by Gasteiger charge is -2.18. The molecule has 360 valence electrons. The smallest absolute Gasteiger partial charge is 0.401 e. The predicted octanol–water partition coefficient (Wildman–Crippen LogP) is 9.15. The molecule has 1 aliphatic rings. The molecule has 0 saturated heterocycles. The monoisotopic (exact) mass is 1210 g/mol. The molecule has 8 aromatic rings. The third-order valence-electron chi connectivity index (χ3n) is 11.1. The Morgan fingerprint density at radius 1 is 0.236 bits per heavy atom. The van der Waals surface area contributed by atoms with Gasteiger partial charge >= 0.3 is 28.5 Å². The van der Waals surface area contributed by atoms with E-state index in [1.54, 1.807) is 0 Å². The van der Waals surface area contributed by atoms with Crippen molar-refractivity contribution in [1.82, 2.24) is 19.9 Å². The summed E-state index contributed by atoms with van der Waals surface area (Å²) in [6.07, 6.45) is 0. The number of hydrogen-bond donors (Lipinski definition) is 0. The Hall–Kier alpha value is -4.66. The van der Waals surface area contributed by atoms with Gasteiger partial charge in [0.1, 0.15) is 0 Å². The first-order valence-corrected chi connectivity index (χ1v) is 26.2. The Morgan fingerprint density at radius 2 is 0.389 bits per heavy atom. The summed E-state index contributed by atoms with van der Waals surface area (Å²) in [5, 5.41) is 0. The molecule has 0 spiro atoms. The van der Waals surface area contributed by atoms with E-state index in [0.29, 0.717) is 45.6 Å². The summed E-state index contributed by atoms with van der Waals surface area (Å²) in [4.78, 5) is 19.6. The van der Waals surface area contributed by atoms with Crippen molar-refractivity contribution in [2.75, 3.05) is 0 Å². The number of halogens is 4. The number of pyridine rings is 4. The third-order valence-corrected chi connectivity index (χ3v) is 13.2. The summed E-state index contributed by atoms with van der Waals surface area (Å²) in [6, 6.07) is 54.4. The standard InChI is InChI=1S/C52H44B4Br4N4O8/c57-41-21-13-37(14-22-41)53-65-29-45-5-1-6-46(61-45)30-66-54(38-15-23-42(58)24-16-38)68-32-48-8-3-10-50(63-48)34-70-56(40-19-27-44(60)28-20-40)72-36-52-12-4-11-51(64-52)35-71-55(39-17-25-43(59)26-18-39)69-33-49-9-2-7-47(62-49)31-67-53/h1-28H,29-36H2. The highest BCUT2D eigenvalue weighted by atomic mass is 79.9. The summed E-state index contributed by atoms with van der Waals surface area (Å²) in [5.41, 5.74) is 8.96. The van der Waals surface area contributed by atoms with Crippen LogP contribution in [-0.4, -0.2) is 48.4 Å². The second-order valence-corrected chi connectivity index (χ2v) is 20.2. The Balaban J connectivity index is 0.985. The third kappa shape index (κ3) is 15.7. The largest absolute Gasteiger partial charge is 0.494 e. The fourth-order valence-corrected chi connectivity index (χ4v) is 8.55. The van der Waals surface area contributed by atoms with Gasteiger partial charge in [0.25, 0.3) is 0 Å². The van der Waals surface area contributed by atoms with E-state index in [9.17, 15) is 0 Å². The van der Waals surface area contributed by atoms with Gasteiger partial charge in [-0.3, -0.25) is 19.9 Å². The number of aromatic nitrogens is 4. The quantitative estimate of drug-likeness (QED) is 0.156. The van der Waals surface area contributed by atoms with Crippen molar-refractivity contribution in [3.05, 3.63) is 233 Å². The van der Waals surface area contributed by atoms with Crippen LogP contribution in [0.15, 0.2) is 188 Å². The first kappa shape index (κ1) is 52.2. The van der Waals surface area contributed by atoms with Crippen LogP contribution in [-0.2, 0) is 90.1 Å². The van der Waals surface area contributed by atoms with E-state index in [2.05, 4.69) is 63.7 Å². The number of fused-ring (bicyclic) bond motifs is 8. The van der Waals surface area contributed by atoms with Crippen molar-refractivity contribution in [1.29, 1.82) is 0 Å². The summed E-state index contributed by atoms with van der Waals surface area (Å²) < 4.78 is 55.4. The van der Waals surface area contributed by atoms with E-state index in [4.69, 9.17) is 57.2 Å². The summed E-state index contributed by atoms with van der Waals surface area (Å²) in [6.45, 7) is 1.35. The average molecular weight is 1220 g/mol. The zero-order chi connectivity index (χ0) is 49.5. The topological polar surface area (TPSA) is 125 Å². The maximum atomic E-state index is 6.46. The lowest BCUT2D eigenvalue weighted by Crippen LogP contribution is -2.37. The Morgan fingerprint density at radius 3 is 0.542 bits per heavy atom. The normalized spacial score (nSPS) is 15.1. The number of nitrogens with zero attached hydrogens (tertiary/aromatic N) is 4. The minimum Gasteiger partial charge on any atom is -0.401 e. The van der Waals surface area contributed by atoms with E-state index in [-0.39, 0.29) is 52.9 Å². The molecule has 5 heterocycles. The lowest BCUT2D eigenvalue weighted by molar-refractivity contribution is 0.181. The molecule has 1 aliphatic heterocycles. The van der Waals surface area contributed by atoms with E-state index >= 15 is 0 Å². The minimum absolute atomic E-state index is 0.168. The molecule has 0 N–H and O–H groups in total. The van der Waals surface area contributed by atoms with Crippen molar-refractivity contribution in [2.24, 2.45) is 0 Å². The molecule has 4 aromatic carbocycles. The van der Waals surface area contributed by atoms with Crippen LogP contribution in [0.2, 0.25) is 0 Å². The molecule has 0 saturated carbocycles. The average Bonchev–Trinajstić information content (AvgIpc) is 3.40. The van der Waals surface area contributed by atoms with Crippen LogP contribution in [0.3, 0.4) is 0 Å². The van der Waals surface area contributed by atoms with Crippen molar-refractivity contribution in [3.8, 4) is 0 Å². The molecule has 4 aromatic heterocycles. The highest BCUT2D eigenvalue weighted by molar-refractivity contribution is 9.11. The molecule has 12 nitrogen and oxygen atoms in total. The SMILES string of the molecule is Brc1ccc(B2OCc3cccc(n3)COB(c3ccc(Br)cc3)OCc3cccc(n3)COB(c3ccc(Br)cc3)OCc3cccc(n3)COB(c3ccc(Br)cc3)OCc3cccc(n3)CO2)cc1. The van der Waals surface area contributed by atoms with E-state index in [1.807, 2.05) is 170 Å². The maximum absolute atomic E-state index is 6.46. The maximum Gasteiger partial charge on any atom is 0.494 e. The minimum atomic E-state index is -0.730. The number of rotatable bonds is 4. The highest BCUT2D eigenvalue weighted by Gasteiger charge is 2.27. The molecular weight excluding hydrogens is 1170 g/mol. The molecule has 8 bridgehead atoms. The van der Waals surface area contributed by atoms with Crippen LogP contribution in [0.5, 0.6) is 0 Å². The van der Waals surface area contributed by atoms with Crippen molar-refractivity contribution >= 4 is 114 Å². The lowest BCUT2D eigenvalue weighted by atomic mass is 9.79. The van der Waals surface area contributed by atoms with Gasteiger partial charge in [0.15, 0.2) is 0 Å². The predicted molar refractivity (Wildman–Crippen MR) is 293 cm³/mol. The summed E-state index contributed by atoms with van der Waals surface area (Å²) >= 11 is 14.2. The molecule has 0 unspecified atom stereocenters. The second-order valence-electron chi connectivity index (χ2n) is 16.5. The van der Waals surface area contributed by atoms with E-state index < -0.39 is 28.5 Å². The van der Waals surface area contributed by atoms with E-state index in [1.165, 1.54) is 0 Å². The number of benzene rings is 4. The Kier molecular flexibility index (Phi) is 19.2. The molecule has 0 aliphatic carbocycles. The van der Waals surface area contributed by atoms with Crippen LogP contribution < -0.4 is 21.9 Å². The molecule has 0 radical (unpaired) electrons. The molecule has 9 rings (SSSR count). The molecule has 0 amide bonds. The fourth-order valence-electron chi connectivity index (χ4n) is 7.49. The van der Waals surface area contributed by atoms with Gasteiger partial charge in [0.2, 0.25) is 0 Å². The van der Waals surface area contributed by atoms with Crippen LogP contribution in [0, 0.1) is 0 Å². The molecule has 0 atom stereocenters. The Bertz CT molecular complexity index is 2500. The van der Waals surface area contributed by atoms with Gasteiger partial charge in [-0.15, -0.1) is 0 Å². The summed E-state index contributed by atoms with van der Waals surface area (Å²) in [5.74, 6) is 0. The van der Waals surface area contributed by atoms with Gasteiger partial charge in [0, 0.05) is 17.9 Å². The molecule has 0 fully saturated rings. The van der Waals surface area contributed by atoms with Gasteiger partial charge < -0.3 is 37.2 Å². The fraction of sp³-hybridized carbons (Fsp3) is 0.154. The zero-order valence-corrected chi connectivity index (χ0v) is 45.0. The van der Waals surface area contributed by atoms with Gasteiger partial charge in [0.05, 0.1) is 98.4 Å². The second kappa shape index (κ2) is 26.5. The van der Waals surface area contributed by atoms with Crippen molar-refractivity contribution in [3.63, 3.8) is 0 Å². The first-order valence-electron chi connectivity index (χ1n) is 23.0. The Labute approximate surface area is 454 Å². The molecular formula is C52H44B4Br4N4O8. The molecule has 72 heavy (non-hydrogen) atoms. The van der Waals surface area contributed by atoms with Crippen LogP contribution in [0.1, 0.15) is 45.6 Å². The zero-order valence-electron chi connectivity index (χ0n) is 38.7. The van der Waals surface area contributed by atoms with Crippen LogP contribution in [0.25, 0.3) is 0 Å². The number of hydrogen-bond acceptors (Lipinski definition) is 12. The van der Waals surface area contributed by atoms with Crippen molar-refractivity contribution in [2.45, 2.75) is 52.9 Å². The first-order chi connectivity index (χ1) is 35.2. The van der Waals surface area contributed by atoms with Crippen molar-refractivity contribution < 1.29 is 37.2 Å².